The maximum atomic E-state index is 12.9. The lowest BCUT2D eigenvalue weighted by Crippen LogP contribution is -2.45. The van der Waals surface area contributed by atoms with Crippen LogP contribution in [0.2, 0.25) is 0 Å². The molecule has 2 rings (SSSR count). The fraction of sp³-hybridized carbons (Fsp3) is 0.526. The lowest BCUT2D eigenvalue weighted by atomic mass is 10.0. The first-order valence-corrected chi connectivity index (χ1v) is 9.95. The summed E-state index contributed by atoms with van der Waals surface area (Å²) in [5.41, 5.74) is 4.46. The second kappa shape index (κ2) is 9.23. The van der Waals surface area contributed by atoms with Crippen molar-refractivity contribution in [3.8, 4) is 5.75 Å². The van der Waals surface area contributed by atoms with E-state index in [4.69, 9.17) is 14.9 Å². The molecule has 0 fully saturated rings. The van der Waals surface area contributed by atoms with Crippen LogP contribution in [0.4, 0.5) is 0 Å². The van der Waals surface area contributed by atoms with Crippen LogP contribution in [0.5, 0.6) is 5.75 Å². The summed E-state index contributed by atoms with van der Waals surface area (Å²) >= 11 is 1.50. The van der Waals surface area contributed by atoms with E-state index in [-0.39, 0.29) is 18.6 Å². The van der Waals surface area contributed by atoms with E-state index >= 15 is 0 Å². The number of carbonyl (C=O) groups excluding carboxylic acids is 1. The van der Waals surface area contributed by atoms with Crippen LogP contribution >= 0.6 is 11.8 Å². The van der Waals surface area contributed by atoms with Gasteiger partial charge in [0.1, 0.15) is 23.7 Å². The second-order valence-electron chi connectivity index (χ2n) is 6.73. The van der Waals surface area contributed by atoms with Crippen LogP contribution in [0.3, 0.4) is 0 Å². The zero-order valence-corrected chi connectivity index (χ0v) is 16.8. The van der Waals surface area contributed by atoms with Gasteiger partial charge >= 0.3 is 5.63 Å². The lowest BCUT2D eigenvalue weighted by Gasteiger charge is -2.24. The molecule has 1 amide bonds. The molecule has 1 aromatic heterocycles. The molecule has 1 aliphatic rings. The van der Waals surface area contributed by atoms with E-state index in [9.17, 15) is 9.59 Å². The fourth-order valence-electron chi connectivity index (χ4n) is 2.64. The predicted octanol–water partition coefficient (Wildman–Crippen LogP) is 2.41. The van der Waals surface area contributed by atoms with Gasteiger partial charge in [0, 0.05) is 17.9 Å². The van der Waals surface area contributed by atoms with Gasteiger partial charge in [-0.2, -0.15) is 0 Å². The molecule has 0 spiro atoms. The van der Waals surface area contributed by atoms with E-state index in [0.717, 1.165) is 11.5 Å². The molecule has 3 N–H and O–H groups in total. The lowest BCUT2D eigenvalue weighted by molar-refractivity contribution is -0.125. The summed E-state index contributed by atoms with van der Waals surface area (Å²) < 4.78 is 10.8. The maximum Gasteiger partial charge on any atom is 0.339 e. The Balaban J connectivity index is 2.23. The highest BCUT2D eigenvalue weighted by atomic mass is 32.2. The molecular weight excluding hydrogens is 366 g/mol. The number of nitrogens with zero attached hydrogens (tertiary/aromatic N) is 1. The molecule has 0 aliphatic carbocycles. The third-order valence-electron chi connectivity index (χ3n) is 4.09. The molecule has 0 aromatic carbocycles. The average Bonchev–Trinajstić information content (AvgIpc) is 3.03. The van der Waals surface area contributed by atoms with Crippen molar-refractivity contribution in [2.24, 2.45) is 10.7 Å². The molecule has 3 atom stereocenters. The number of nitrogens with two attached hydrogens (primary N) is 1. The molecule has 148 valence electrons. The fourth-order valence-corrected chi connectivity index (χ4v) is 3.80. The van der Waals surface area contributed by atoms with Crippen molar-refractivity contribution in [3.05, 3.63) is 41.0 Å². The number of amides is 1. The van der Waals surface area contributed by atoms with Gasteiger partial charge in [-0.25, -0.2) is 4.79 Å². The van der Waals surface area contributed by atoms with Gasteiger partial charge in [0.15, 0.2) is 0 Å². The Morgan fingerprint density at radius 2 is 2.33 bits per heavy atom. The summed E-state index contributed by atoms with van der Waals surface area (Å²) in [6.07, 6.45) is 3.01. The van der Waals surface area contributed by atoms with E-state index in [1.165, 1.54) is 17.8 Å². The van der Waals surface area contributed by atoms with Crippen LogP contribution in [-0.2, 0) is 4.79 Å². The SMILES string of the molecule is C=CCOc1cc([C@@H](CCC)NC(=O)[C@]2(C)CSC(C(C)N)=N2)oc(=O)c1. The van der Waals surface area contributed by atoms with E-state index < -0.39 is 17.2 Å². The first kappa shape index (κ1) is 21.2. The summed E-state index contributed by atoms with van der Waals surface area (Å²) in [5.74, 6) is 1.06. The third-order valence-corrected chi connectivity index (χ3v) is 5.56. The van der Waals surface area contributed by atoms with E-state index in [1.54, 1.807) is 19.1 Å². The Morgan fingerprint density at radius 3 is 2.93 bits per heavy atom. The minimum absolute atomic E-state index is 0.201. The predicted molar refractivity (Wildman–Crippen MR) is 108 cm³/mol. The van der Waals surface area contributed by atoms with Crippen LogP contribution < -0.4 is 21.4 Å². The van der Waals surface area contributed by atoms with Gasteiger partial charge in [-0.3, -0.25) is 9.79 Å². The molecule has 1 aliphatic heterocycles. The number of rotatable bonds is 9. The molecule has 0 saturated carbocycles. The number of ether oxygens (including phenoxy) is 1. The van der Waals surface area contributed by atoms with Crippen molar-refractivity contribution in [2.75, 3.05) is 12.4 Å². The Bertz CT molecular complexity index is 774. The number of aliphatic imine (C=N–C) groups is 1. The Labute approximate surface area is 163 Å². The number of nitrogens with one attached hydrogen (secondary N) is 1. The van der Waals surface area contributed by atoms with Gasteiger partial charge in [-0.1, -0.05) is 26.0 Å². The molecule has 8 heteroatoms. The van der Waals surface area contributed by atoms with Crippen LogP contribution in [0.1, 0.15) is 45.4 Å². The number of thioether (sulfide) groups is 1. The van der Waals surface area contributed by atoms with E-state index in [2.05, 4.69) is 16.9 Å². The van der Waals surface area contributed by atoms with E-state index in [1.807, 2.05) is 13.8 Å². The average molecular weight is 394 g/mol. The van der Waals surface area contributed by atoms with Gasteiger partial charge in [0.25, 0.3) is 0 Å². The van der Waals surface area contributed by atoms with Crippen LogP contribution in [-0.4, -0.2) is 34.9 Å². The van der Waals surface area contributed by atoms with Crippen molar-refractivity contribution in [1.82, 2.24) is 5.32 Å². The largest absolute Gasteiger partial charge is 0.489 e. The smallest absolute Gasteiger partial charge is 0.339 e. The molecule has 27 heavy (non-hydrogen) atoms. The quantitative estimate of drug-likeness (QED) is 0.624. The van der Waals surface area contributed by atoms with Crippen molar-refractivity contribution < 1.29 is 13.9 Å². The normalized spacial score (nSPS) is 21.3. The molecule has 2 heterocycles. The minimum Gasteiger partial charge on any atom is -0.489 e. The summed E-state index contributed by atoms with van der Waals surface area (Å²) in [7, 11) is 0. The Hall–Kier alpha value is -2.06. The highest BCUT2D eigenvalue weighted by Crippen LogP contribution is 2.30. The summed E-state index contributed by atoms with van der Waals surface area (Å²) in [5, 5.41) is 3.75. The van der Waals surface area contributed by atoms with Gasteiger partial charge in [0.2, 0.25) is 5.91 Å². The zero-order chi connectivity index (χ0) is 20.0. The molecule has 1 aromatic rings. The molecule has 7 nitrogen and oxygen atoms in total. The van der Waals surface area contributed by atoms with Gasteiger partial charge < -0.3 is 20.2 Å². The van der Waals surface area contributed by atoms with Crippen molar-refractivity contribution >= 4 is 22.7 Å². The maximum absolute atomic E-state index is 12.9. The topological polar surface area (TPSA) is 107 Å². The minimum atomic E-state index is -0.892. The number of hydrogen-bond donors (Lipinski definition) is 2. The second-order valence-corrected chi connectivity index (χ2v) is 7.73. The van der Waals surface area contributed by atoms with E-state index in [0.29, 0.717) is 23.7 Å². The molecule has 1 unspecified atom stereocenters. The molecule has 0 saturated heterocycles. The van der Waals surface area contributed by atoms with Crippen LogP contribution in [0.15, 0.2) is 39.0 Å². The Morgan fingerprint density at radius 1 is 1.59 bits per heavy atom. The summed E-state index contributed by atoms with van der Waals surface area (Å²) in [4.78, 5) is 29.3. The first-order valence-electron chi connectivity index (χ1n) is 8.97. The molecule has 0 bridgehead atoms. The highest BCUT2D eigenvalue weighted by Gasteiger charge is 2.40. The van der Waals surface area contributed by atoms with Crippen molar-refractivity contribution in [1.29, 1.82) is 0 Å². The van der Waals surface area contributed by atoms with Crippen molar-refractivity contribution in [3.63, 3.8) is 0 Å². The summed E-state index contributed by atoms with van der Waals surface area (Å²) in [6.45, 7) is 9.49. The van der Waals surface area contributed by atoms with Gasteiger partial charge in [-0.15, -0.1) is 11.8 Å². The first-order chi connectivity index (χ1) is 12.8. The monoisotopic (exact) mass is 393 g/mol. The van der Waals surface area contributed by atoms with Crippen LogP contribution in [0, 0.1) is 0 Å². The molecule has 0 radical (unpaired) electrons. The van der Waals surface area contributed by atoms with Crippen LogP contribution in [0.25, 0.3) is 0 Å². The molecular formula is C19H27N3O4S. The van der Waals surface area contributed by atoms with Gasteiger partial charge in [-0.05, 0) is 20.3 Å². The number of carbonyl (C=O) groups is 1. The Kier molecular flexibility index (Phi) is 7.26. The van der Waals surface area contributed by atoms with Gasteiger partial charge in [0.05, 0.1) is 17.2 Å². The zero-order valence-electron chi connectivity index (χ0n) is 16.0. The standard InChI is InChI=1S/C19H27N3O4S/c1-5-7-14(15-9-13(25-8-6-2)10-16(23)26-15)21-18(24)19(4)11-27-17(22-19)12(3)20/h6,9-10,12,14H,2,5,7-8,11,20H2,1,3-4H3,(H,21,24)/t12?,14-,19+/m1/s1. The van der Waals surface area contributed by atoms with Crippen molar-refractivity contribution in [2.45, 2.75) is 51.2 Å². The highest BCUT2D eigenvalue weighted by molar-refractivity contribution is 8.14. The summed E-state index contributed by atoms with van der Waals surface area (Å²) in [6, 6.07) is 2.26. The third kappa shape index (κ3) is 5.46. The number of hydrogen-bond acceptors (Lipinski definition) is 7.